The number of anilines is 2. The Hall–Kier alpha value is -3.40. The molecule has 1 fully saturated rings. The van der Waals surface area contributed by atoms with Gasteiger partial charge in [-0.2, -0.15) is 5.10 Å². The number of carbonyl (C=O) groups excluding carboxylic acids is 2. The zero-order chi connectivity index (χ0) is 25.1. The van der Waals surface area contributed by atoms with Crippen molar-refractivity contribution < 1.29 is 9.59 Å². The van der Waals surface area contributed by atoms with Crippen LogP contribution in [0.5, 0.6) is 0 Å². The summed E-state index contributed by atoms with van der Waals surface area (Å²) in [6.07, 6.45) is 3.82. The second kappa shape index (κ2) is 10.7. The van der Waals surface area contributed by atoms with Crippen LogP contribution in [-0.2, 0) is 6.54 Å². The fourth-order valence-corrected chi connectivity index (χ4v) is 5.29. The Labute approximate surface area is 218 Å². The Morgan fingerprint density at radius 2 is 1.78 bits per heavy atom. The monoisotopic (exact) mass is 522 g/mol. The maximum absolute atomic E-state index is 12.9. The van der Waals surface area contributed by atoms with Gasteiger partial charge in [-0.1, -0.05) is 30.2 Å². The van der Waals surface area contributed by atoms with E-state index in [1.165, 1.54) is 36.2 Å². The summed E-state index contributed by atoms with van der Waals surface area (Å²) in [5.74, 6) is -0.0319. The van der Waals surface area contributed by atoms with Crippen LogP contribution in [0.15, 0.2) is 54.6 Å². The summed E-state index contributed by atoms with van der Waals surface area (Å²) in [4.78, 5) is 29.2. The van der Waals surface area contributed by atoms with Gasteiger partial charge in [0.15, 0.2) is 0 Å². The van der Waals surface area contributed by atoms with E-state index in [0.717, 1.165) is 25.3 Å². The van der Waals surface area contributed by atoms with E-state index in [2.05, 4.69) is 25.8 Å². The molecular weight excluding hydrogens is 496 g/mol. The molecule has 0 spiro atoms. The number of nitrogens with zero attached hydrogens (tertiary/aromatic N) is 3. The number of rotatable bonds is 7. The number of H-pyrrole nitrogens is 1. The first-order chi connectivity index (χ1) is 17.5. The lowest BCUT2D eigenvalue weighted by atomic mass is 10.1. The van der Waals surface area contributed by atoms with E-state index >= 15 is 0 Å². The van der Waals surface area contributed by atoms with Gasteiger partial charge < -0.3 is 5.32 Å². The minimum absolute atomic E-state index is 0.232. The van der Waals surface area contributed by atoms with Crippen molar-refractivity contribution in [2.45, 2.75) is 25.8 Å². The standard InChI is InChI=1S/C26H27ClN6O2S/c1-32(20-11-9-19(27)10-12-20)31-25(35)22-15-21-23(29-30-26(21)36-22)28-24(34)18-7-5-17(6-8-18)16-33-13-3-2-4-14-33/h5-12,15H,2-4,13-14,16H2,1H3,(H,31,35)(H2,28,29,30,34). The molecule has 186 valence electrons. The van der Waals surface area contributed by atoms with E-state index < -0.39 is 0 Å². The zero-order valence-electron chi connectivity index (χ0n) is 19.9. The summed E-state index contributed by atoms with van der Waals surface area (Å²) in [5, 5.41) is 13.0. The van der Waals surface area contributed by atoms with Gasteiger partial charge in [0.1, 0.15) is 10.6 Å². The van der Waals surface area contributed by atoms with E-state index in [9.17, 15) is 9.59 Å². The average molecular weight is 523 g/mol. The number of aromatic nitrogens is 2. The van der Waals surface area contributed by atoms with E-state index in [0.29, 0.717) is 31.5 Å². The van der Waals surface area contributed by atoms with Gasteiger partial charge in [-0.05, 0) is 74.0 Å². The predicted molar refractivity (Wildman–Crippen MR) is 145 cm³/mol. The SMILES string of the molecule is CN(NC(=O)c1cc2c(NC(=O)c3ccc(CN4CCCCC4)cc3)[nH]nc2s1)c1ccc(Cl)cc1. The number of aromatic amines is 1. The lowest BCUT2D eigenvalue weighted by Gasteiger charge is -2.26. The molecule has 1 aliphatic heterocycles. The number of hydrazine groups is 1. The van der Waals surface area contributed by atoms with Crippen molar-refractivity contribution in [3.05, 3.63) is 75.6 Å². The molecule has 8 nitrogen and oxygen atoms in total. The molecule has 4 aromatic rings. The maximum atomic E-state index is 12.9. The molecule has 0 radical (unpaired) electrons. The van der Waals surface area contributed by atoms with Gasteiger partial charge in [-0.25, -0.2) is 0 Å². The van der Waals surface area contributed by atoms with Crippen molar-refractivity contribution in [2.24, 2.45) is 0 Å². The van der Waals surface area contributed by atoms with E-state index in [4.69, 9.17) is 11.6 Å². The van der Waals surface area contributed by atoms with Crippen LogP contribution in [0.3, 0.4) is 0 Å². The van der Waals surface area contributed by atoms with Gasteiger partial charge in [0, 0.05) is 24.2 Å². The quantitative estimate of drug-likeness (QED) is 0.286. The Morgan fingerprint density at radius 1 is 1.06 bits per heavy atom. The van der Waals surface area contributed by atoms with E-state index in [-0.39, 0.29) is 11.8 Å². The normalized spacial score (nSPS) is 14.1. The van der Waals surface area contributed by atoms with Crippen LogP contribution in [0.25, 0.3) is 10.2 Å². The second-order valence-electron chi connectivity index (χ2n) is 8.89. The molecule has 0 atom stereocenters. The topological polar surface area (TPSA) is 93.4 Å². The number of fused-ring (bicyclic) bond motifs is 1. The third-order valence-corrected chi connectivity index (χ3v) is 7.55. The summed E-state index contributed by atoms with van der Waals surface area (Å²) >= 11 is 7.19. The molecule has 0 aliphatic carbocycles. The van der Waals surface area contributed by atoms with E-state index in [1.807, 2.05) is 36.4 Å². The number of amides is 2. The molecule has 0 bridgehead atoms. The Kier molecular flexibility index (Phi) is 7.22. The molecule has 5 rings (SSSR count). The van der Waals surface area contributed by atoms with Crippen LogP contribution in [0, 0.1) is 0 Å². The number of thiophene rings is 1. The van der Waals surface area contributed by atoms with Crippen molar-refractivity contribution in [1.82, 2.24) is 20.5 Å². The number of hydrogen-bond donors (Lipinski definition) is 3. The van der Waals surface area contributed by atoms with Crippen LogP contribution >= 0.6 is 22.9 Å². The van der Waals surface area contributed by atoms with Gasteiger partial charge in [-0.15, -0.1) is 11.3 Å². The minimum atomic E-state index is -0.267. The Bertz CT molecular complexity index is 1360. The van der Waals surface area contributed by atoms with Gasteiger partial charge in [-0.3, -0.25) is 30.0 Å². The molecule has 1 saturated heterocycles. The van der Waals surface area contributed by atoms with Crippen molar-refractivity contribution in [3.63, 3.8) is 0 Å². The van der Waals surface area contributed by atoms with Crippen LogP contribution in [0.1, 0.15) is 44.9 Å². The largest absolute Gasteiger partial charge is 0.306 e. The molecule has 3 heterocycles. The second-order valence-corrected chi connectivity index (χ2v) is 10.4. The Balaban J connectivity index is 1.23. The fraction of sp³-hybridized carbons (Fsp3) is 0.269. The first-order valence-electron chi connectivity index (χ1n) is 11.9. The molecule has 0 unspecified atom stereocenters. The summed E-state index contributed by atoms with van der Waals surface area (Å²) in [7, 11) is 1.75. The minimum Gasteiger partial charge on any atom is -0.306 e. The molecule has 2 aromatic heterocycles. The number of piperidine rings is 1. The summed E-state index contributed by atoms with van der Waals surface area (Å²) in [6.45, 7) is 3.18. The van der Waals surface area contributed by atoms with Crippen molar-refractivity contribution in [3.8, 4) is 0 Å². The molecule has 36 heavy (non-hydrogen) atoms. The van der Waals surface area contributed by atoms with Crippen LogP contribution in [-0.4, -0.2) is 47.0 Å². The first-order valence-corrected chi connectivity index (χ1v) is 13.1. The predicted octanol–water partition coefficient (Wildman–Crippen LogP) is 5.30. The number of benzene rings is 2. The third kappa shape index (κ3) is 5.53. The highest BCUT2D eigenvalue weighted by Gasteiger charge is 2.18. The van der Waals surface area contributed by atoms with Crippen LogP contribution in [0.2, 0.25) is 5.02 Å². The van der Waals surface area contributed by atoms with Gasteiger partial charge in [0.25, 0.3) is 11.8 Å². The highest BCUT2D eigenvalue weighted by Crippen LogP contribution is 2.30. The lowest BCUT2D eigenvalue weighted by Crippen LogP contribution is -2.38. The summed E-state index contributed by atoms with van der Waals surface area (Å²) < 4.78 is 0. The average Bonchev–Trinajstić information content (AvgIpc) is 3.47. The molecule has 1 aliphatic rings. The lowest BCUT2D eigenvalue weighted by molar-refractivity contribution is 0.0954. The van der Waals surface area contributed by atoms with Crippen LogP contribution < -0.4 is 15.8 Å². The van der Waals surface area contributed by atoms with Crippen LogP contribution in [0.4, 0.5) is 11.5 Å². The number of halogens is 1. The summed E-state index contributed by atoms with van der Waals surface area (Å²) in [5.41, 5.74) is 5.40. The van der Waals surface area contributed by atoms with Crippen molar-refractivity contribution in [1.29, 1.82) is 0 Å². The molecule has 10 heteroatoms. The number of likely N-dealkylation sites (tertiary alicyclic amines) is 1. The van der Waals surface area contributed by atoms with E-state index in [1.54, 1.807) is 30.3 Å². The molecule has 0 saturated carbocycles. The fourth-order valence-electron chi connectivity index (χ4n) is 4.28. The molecule has 2 aromatic carbocycles. The zero-order valence-corrected chi connectivity index (χ0v) is 21.5. The van der Waals surface area contributed by atoms with Crippen molar-refractivity contribution in [2.75, 3.05) is 30.5 Å². The van der Waals surface area contributed by atoms with Gasteiger partial charge in [0.05, 0.1) is 16.0 Å². The molecule has 3 N–H and O–H groups in total. The van der Waals surface area contributed by atoms with Gasteiger partial charge in [0.2, 0.25) is 0 Å². The first kappa shape index (κ1) is 24.3. The number of hydrogen-bond acceptors (Lipinski definition) is 6. The Morgan fingerprint density at radius 3 is 2.50 bits per heavy atom. The van der Waals surface area contributed by atoms with Gasteiger partial charge >= 0.3 is 0 Å². The summed E-state index contributed by atoms with van der Waals surface area (Å²) in [6, 6.07) is 16.6. The molecule has 2 amide bonds. The number of carbonyl (C=O) groups is 2. The van der Waals surface area contributed by atoms with Crippen molar-refractivity contribution >= 4 is 56.5 Å². The molecular formula is C26H27ClN6O2S. The highest BCUT2D eigenvalue weighted by atomic mass is 35.5. The smallest absolute Gasteiger partial charge is 0.279 e. The highest BCUT2D eigenvalue weighted by molar-refractivity contribution is 7.20. The number of nitrogens with one attached hydrogen (secondary N) is 3. The maximum Gasteiger partial charge on any atom is 0.279 e. The third-order valence-electron chi connectivity index (χ3n) is 6.27.